The van der Waals surface area contributed by atoms with Gasteiger partial charge >= 0.3 is 0 Å². The first kappa shape index (κ1) is 11.0. The summed E-state index contributed by atoms with van der Waals surface area (Å²) in [5, 5.41) is 0. The zero-order valence-corrected chi connectivity index (χ0v) is 9.27. The van der Waals surface area contributed by atoms with Crippen molar-refractivity contribution in [2.24, 2.45) is 5.73 Å². The van der Waals surface area contributed by atoms with Gasteiger partial charge in [0.15, 0.2) is 7.28 Å². The zero-order valence-electron chi connectivity index (χ0n) is 9.27. The molecule has 1 radical (unpaired) electrons. The summed E-state index contributed by atoms with van der Waals surface area (Å²) in [5.41, 5.74) is 9.33. The van der Waals surface area contributed by atoms with Gasteiger partial charge < -0.3 is 5.73 Å². The Labute approximate surface area is 97.5 Å². The Bertz CT molecular complexity index is 422. The molecular formula is C14H15BN. The fraction of sp³-hybridized carbons (Fsp3) is 0.143. The van der Waals surface area contributed by atoms with E-state index >= 15 is 0 Å². The molecule has 0 atom stereocenters. The number of hydrogen-bond acceptors (Lipinski definition) is 1. The van der Waals surface area contributed by atoms with E-state index < -0.39 is 0 Å². The van der Waals surface area contributed by atoms with Crippen molar-refractivity contribution in [1.29, 1.82) is 0 Å². The van der Waals surface area contributed by atoms with Gasteiger partial charge in [-0.3, -0.25) is 0 Å². The van der Waals surface area contributed by atoms with Crippen molar-refractivity contribution in [3.63, 3.8) is 0 Å². The van der Waals surface area contributed by atoms with Gasteiger partial charge in [0.05, 0.1) is 0 Å². The third-order valence-corrected chi connectivity index (χ3v) is 2.63. The molecule has 0 aliphatic heterocycles. The van der Waals surface area contributed by atoms with Crippen molar-refractivity contribution in [2.75, 3.05) is 0 Å². The highest BCUT2D eigenvalue weighted by Gasteiger charge is 1.97. The normalized spacial score (nSPS) is 10.1. The van der Waals surface area contributed by atoms with E-state index in [9.17, 15) is 0 Å². The van der Waals surface area contributed by atoms with Gasteiger partial charge in [-0.05, 0) is 11.9 Å². The maximum absolute atomic E-state index is 5.56. The zero-order chi connectivity index (χ0) is 11.2. The van der Waals surface area contributed by atoms with E-state index in [4.69, 9.17) is 5.73 Å². The number of rotatable bonds is 4. The highest BCUT2D eigenvalue weighted by atomic mass is 14.5. The van der Waals surface area contributed by atoms with Crippen LogP contribution in [0.2, 0.25) is 0 Å². The molecule has 0 unspecified atom stereocenters. The van der Waals surface area contributed by atoms with Crippen LogP contribution in [0.15, 0.2) is 54.6 Å². The van der Waals surface area contributed by atoms with Crippen LogP contribution >= 0.6 is 0 Å². The van der Waals surface area contributed by atoms with Crippen LogP contribution < -0.4 is 11.2 Å². The minimum absolute atomic E-state index is 0.614. The lowest BCUT2D eigenvalue weighted by Gasteiger charge is -2.02. The van der Waals surface area contributed by atoms with Crippen LogP contribution in [0, 0.1) is 0 Å². The first-order chi connectivity index (χ1) is 7.88. The molecule has 0 saturated carbocycles. The Balaban J connectivity index is 1.94. The molecule has 2 N–H and O–H groups in total. The highest BCUT2D eigenvalue weighted by Crippen LogP contribution is 2.03. The lowest BCUT2D eigenvalue weighted by molar-refractivity contribution is 1.07. The molecule has 2 rings (SSSR count). The molecule has 0 spiro atoms. The summed E-state index contributed by atoms with van der Waals surface area (Å²) in [6.45, 7) is 0.614. The Morgan fingerprint density at radius 2 is 1.44 bits per heavy atom. The molecule has 0 heterocycles. The van der Waals surface area contributed by atoms with E-state index in [2.05, 4.69) is 55.8 Å². The SMILES string of the molecule is NCc1ccc(C[B]c2ccccc2)cc1. The summed E-state index contributed by atoms with van der Waals surface area (Å²) < 4.78 is 0. The van der Waals surface area contributed by atoms with Crippen LogP contribution in [0.4, 0.5) is 0 Å². The minimum atomic E-state index is 0.614. The van der Waals surface area contributed by atoms with Crippen LogP contribution in [-0.4, -0.2) is 7.28 Å². The Hall–Kier alpha value is -1.54. The van der Waals surface area contributed by atoms with E-state index in [1.54, 1.807) is 0 Å². The van der Waals surface area contributed by atoms with Gasteiger partial charge in [-0.2, -0.15) is 0 Å². The summed E-state index contributed by atoms with van der Waals surface area (Å²) in [5.74, 6) is 0. The molecule has 0 bridgehead atoms. The molecule has 0 saturated heterocycles. The second-order valence-electron chi connectivity index (χ2n) is 3.84. The van der Waals surface area contributed by atoms with Gasteiger partial charge in [0.25, 0.3) is 0 Å². The molecule has 16 heavy (non-hydrogen) atoms. The van der Waals surface area contributed by atoms with Crippen molar-refractivity contribution in [3.8, 4) is 0 Å². The maximum Gasteiger partial charge on any atom is 0.156 e. The Morgan fingerprint density at radius 3 is 2.06 bits per heavy atom. The highest BCUT2D eigenvalue weighted by molar-refractivity contribution is 6.52. The first-order valence-corrected chi connectivity index (χ1v) is 5.54. The second kappa shape index (κ2) is 5.52. The van der Waals surface area contributed by atoms with Gasteiger partial charge in [-0.25, -0.2) is 0 Å². The standard InChI is InChI=1S/C14H15BN/c16-11-13-8-6-12(7-9-13)10-15-14-4-2-1-3-5-14/h1-9H,10-11,16H2. The van der Waals surface area contributed by atoms with Crippen LogP contribution in [0.5, 0.6) is 0 Å². The van der Waals surface area contributed by atoms with E-state index in [1.165, 1.54) is 16.6 Å². The first-order valence-electron chi connectivity index (χ1n) is 5.54. The molecule has 2 aromatic carbocycles. The molecule has 1 nitrogen and oxygen atoms in total. The largest absolute Gasteiger partial charge is 0.326 e. The smallest absolute Gasteiger partial charge is 0.156 e. The van der Waals surface area contributed by atoms with Crippen LogP contribution in [0.1, 0.15) is 11.1 Å². The maximum atomic E-state index is 5.56. The average Bonchev–Trinajstić information content (AvgIpc) is 2.38. The monoisotopic (exact) mass is 208 g/mol. The molecule has 2 aromatic rings. The van der Waals surface area contributed by atoms with E-state index in [0.717, 1.165) is 6.32 Å². The molecular weight excluding hydrogens is 193 g/mol. The van der Waals surface area contributed by atoms with E-state index in [0.29, 0.717) is 6.54 Å². The fourth-order valence-electron chi connectivity index (χ4n) is 1.64. The van der Waals surface area contributed by atoms with E-state index in [-0.39, 0.29) is 0 Å². The van der Waals surface area contributed by atoms with Crippen molar-refractivity contribution in [2.45, 2.75) is 12.9 Å². The van der Waals surface area contributed by atoms with Crippen LogP contribution in [0.25, 0.3) is 0 Å². The quantitative estimate of drug-likeness (QED) is 0.760. The fourth-order valence-corrected chi connectivity index (χ4v) is 1.64. The molecule has 0 aliphatic carbocycles. The Kier molecular flexibility index (Phi) is 3.78. The predicted molar refractivity (Wildman–Crippen MR) is 69.9 cm³/mol. The lowest BCUT2D eigenvalue weighted by atomic mass is 9.65. The summed E-state index contributed by atoms with van der Waals surface area (Å²) in [6, 6.07) is 18.9. The van der Waals surface area contributed by atoms with Crippen molar-refractivity contribution in [1.82, 2.24) is 0 Å². The van der Waals surface area contributed by atoms with Crippen molar-refractivity contribution >= 4 is 12.7 Å². The van der Waals surface area contributed by atoms with Gasteiger partial charge in [-0.15, -0.1) is 0 Å². The number of hydrogen-bond donors (Lipinski definition) is 1. The second-order valence-corrected chi connectivity index (χ2v) is 3.84. The average molecular weight is 208 g/mol. The Morgan fingerprint density at radius 1 is 0.812 bits per heavy atom. The summed E-state index contributed by atoms with van der Waals surface area (Å²) in [4.78, 5) is 0. The summed E-state index contributed by atoms with van der Waals surface area (Å²) >= 11 is 0. The van der Waals surface area contributed by atoms with Crippen molar-refractivity contribution < 1.29 is 0 Å². The van der Waals surface area contributed by atoms with Gasteiger partial charge in [0.1, 0.15) is 0 Å². The molecule has 0 amide bonds. The van der Waals surface area contributed by atoms with Crippen LogP contribution in [0.3, 0.4) is 0 Å². The van der Waals surface area contributed by atoms with Gasteiger partial charge in [0.2, 0.25) is 0 Å². The molecule has 79 valence electrons. The van der Waals surface area contributed by atoms with E-state index in [1.807, 2.05) is 6.07 Å². The summed E-state index contributed by atoms with van der Waals surface area (Å²) in [7, 11) is 2.23. The van der Waals surface area contributed by atoms with Gasteiger partial charge in [0, 0.05) is 6.54 Å². The third-order valence-electron chi connectivity index (χ3n) is 2.63. The molecule has 2 heteroatoms. The topological polar surface area (TPSA) is 26.0 Å². The molecule has 0 fully saturated rings. The minimum Gasteiger partial charge on any atom is -0.326 e. The van der Waals surface area contributed by atoms with Gasteiger partial charge in [-0.1, -0.05) is 65.6 Å². The number of benzene rings is 2. The predicted octanol–water partition coefficient (Wildman–Crippen LogP) is 1.68. The van der Waals surface area contributed by atoms with Crippen LogP contribution in [-0.2, 0) is 12.9 Å². The number of nitrogens with two attached hydrogens (primary N) is 1. The third kappa shape index (κ3) is 2.98. The summed E-state index contributed by atoms with van der Waals surface area (Å²) in [6.07, 6.45) is 0.967. The van der Waals surface area contributed by atoms with Crippen molar-refractivity contribution in [3.05, 3.63) is 65.7 Å². The molecule has 0 aliphatic rings. The molecule has 0 aromatic heterocycles. The lowest BCUT2D eigenvalue weighted by Crippen LogP contribution is -2.15.